The number of aromatic amines is 1. The molecule has 4 heterocycles. The van der Waals surface area contributed by atoms with Gasteiger partial charge in [-0.15, -0.1) is 11.3 Å². The van der Waals surface area contributed by atoms with Gasteiger partial charge in [-0.05, 0) is 36.6 Å². The van der Waals surface area contributed by atoms with Crippen molar-refractivity contribution in [3.8, 4) is 39.5 Å². The molecule has 0 bridgehead atoms. The summed E-state index contributed by atoms with van der Waals surface area (Å²) in [5.74, 6) is -2.46. The van der Waals surface area contributed by atoms with Gasteiger partial charge in [0.2, 0.25) is 5.91 Å². The minimum atomic E-state index is -2.73. The molecule has 1 aromatic carbocycles. The topological polar surface area (TPSA) is 122 Å². The molecule has 0 aliphatic carbocycles. The number of carbonyl (C=O) groups excluding carboxylic acids is 1. The van der Waals surface area contributed by atoms with Crippen molar-refractivity contribution in [1.29, 1.82) is 0 Å². The molecule has 5 rings (SSSR count). The third-order valence-electron chi connectivity index (χ3n) is 6.68. The van der Waals surface area contributed by atoms with Crippen molar-refractivity contribution in [3.63, 3.8) is 0 Å². The van der Waals surface area contributed by atoms with Gasteiger partial charge in [0.1, 0.15) is 35.4 Å². The first-order valence-corrected chi connectivity index (χ1v) is 14.1. The van der Waals surface area contributed by atoms with Crippen LogP contribution < -0.4 is 15.6 Å². The predicted molar refractivity (Wildman–Crippen MR) is 158 cm³/mol. The quantitative estimate of drug-likeness (QED) is 0.132. The van der Waals surface area contributed by atoms with Crippen molar-refractivity contribution in [2.24, 2.45) is 0 Å². The van der Waals surface area contributed by atoms with Gasteiger partial charge in [-0.2, -0.15) is 5.10 Å². The first-order chi connectivity index (χ1) is 21.1. The maximum Gasteiger partial charge on any atom is 0.256 e. The molecule has 1 unspecified atom stereocenters. The Kier molecular flexibility index (Phi) is 8.92. The number of nitrogens with zero attached hydrogens (tertiary/aromatic N) is 3. The number of hydrogen-bond donors (Lipinski definition) is 3. The summed E-state index contributed by atoms with van der Waals surface area (Å²) in [4.78, 5) is 29.4. The molecule has 44 heavy (non-hydrogen) atoms. The molecule has 0 saturated heterocycles. The minimum Gasteiger partial charge on any atom is -0.490 e. The highest BCUT2D eigenvalue weighted by atomic mass is 32.1. The lowest BCUT2D eigenvalue weighted by Gasteiger charge is -2.17. The van der Waals surface area contributed by atoms with Crippen molar-refractivity contribution in [2.45, 2.75) is 25.9 Å². The Balaban J connectivity index is 1.79. The number of rotatable bonds is 11. The zero-order valence-electron chi connectivity index (χ0n) is 23.1. The molecule has 0 aliphatic rings. The molecule has 14 heteroatoms. The van der Waals surface area contributed by atoms with E-state index in [1.54, 1.807) is 24.4 Å². The molecule has 1 amide bonds. The number of aromatic nitrogens is 4. The van der Waals surface area contributed by atoms with Crippen LogP contribution in [0.25, 0.3) is 43.9 Å². The number of alkyl halides is 2. The number of fused-ring (bicyclic) bond motifs is 1. The molecule has 0 spiro atoms. The third-order valence-corrected chi connectivity index (χ3v) is 7.61. The standard InChI is InChI=1S/C30H25F4N5O4S/c1-3-24(41)35-15(2)20-13-21(38-37-20)29-27(26-19(32)11-17(31)12-22(26)43-8-7-40)30-18(5-9-44-30)28(36-29)16-4-6-39(14-23(33)34)25(42)10-16/h3-6,9-13,15,23,40H,1,7-8,14H2,2H3,(H,35,41)(H,37,38). The number of ether oxygens (including phenoxy) is 1. The molecule has 0 aliphatic heterocycles. The van der Waals surface area contributed by atoms with E-state index in [9.17, 15) is 27.9 Å². The first-order valence-electron chi connectivity index (χ1n) is 13.2. The van der Waals surface area contributed by atoms with Gasteiger partial charge < -0.3 is 19.7 Å². The fourth-order valence-corrected chi connectivity index (χ4v) is 5.66. The van der Waals surface area contributed by atoms with Gasteiger partial charge in [-0.1, -0.05) is 6.58 Å². The number of nitrogens with one attached hydrogen (secondary N) is 2. The lowest BCUT2D eigenvalue weighted by atomic mass is 9.96. The number of aliphatic hydroxyl groups is 1. The number of amides is 1. The molecule has 3 N–H and O–H groups in total. The summed E-state index contributed by atoms with van der Waals surface area (Å²) in [6.07, 6.45) is -0.370. The number of benzene rings is 1. The lowest BCUT2D eigenvalue weighted by molar-refractivity contribution is -0.117. The molecule has 1 atom stereocenters. The second kappa shape index (κ2) is 12.8. The van der Waals surface area contributed by atoms with E-state index < -0.39 is 48.7 Å². The van der Waals surface area contributed by atoms with E-state index in [1.165, 1.54) is 29.7 Å². The molecule has 4 aromatic heterocycles. The zero-order chi connectivity index (χ0) is 31.5. The minimum absolute atomic E-state index is 0.121. The monoisotopic (exact) mass is 627 g/mol. The van der Waals surface area contributed by atoms with Crippen molar-refractivity contribution < 1.29 is 32.2 Å². The fourth-order valence-electron chi connectivity index (χ4n) is 4.71. The number of pyridine rings is 2. The van der Waals surface area contributed by atoms with E-state index in [2.05, 4.69) is 22.1 Å². The number of H-pyrrole nitrogens is 1. The van der Waals surface area contributed by atoms with E-state index in [0.29, 0.717) is 33.1 Å². The summed E-state index contributed by atoms with van der Waals surface area (Å²) in [5, 5.41) is 21.5. The van der Waals surface area contributed by atoms with Gasteiger partial charge >= 0.3 is 0 Å². The maximum atomic E-state index is 15.7. The van der Waals surface area contributed by atoms with Crippen molar-refractivity contribution in [3.05, 3.63) is 88.3 Å². The summed E-state index contributed by atoms with van der Waals surface area (Å²) >= 11 is 1.22. The molecule has 0 fully saturated rings. The van der Waals surface area contributed by atoms with Crippen LogP contribution in [-0.2, 0) is 11.3 Å². The molecule has 0 saturated carbocycles. The van der Waals surface area contributed by atoms with E-state index in [1.807, 2.05) is 0 Å². The molecule has 0 radical (unpaired) electrons. The van der Waals surface area contributed by atoms with Gasteiger partial charge in [-0.3, -0.25) is 14.7 Å². The second-order valence-corrected chi connectivity index (χ2v) is 10.5. The summed E-state index contributed by atoms with van der Waals surface area (Å²) in [7, 11) is 0. The SMILES string of the molecule is C=CC(=O)NC(C)c1cc(-c2nc(-c3ccn(CC(F)F)c(=O)c3)c3ccsc3c2-c2c(F)cc(F)cc2OCCO)n[nH]1. The predicted octanol–water partition coefficient (Wildman–Crippen LogP) is 5.46. The van der Waals surface area contributed by atoms with Crippen LogP contribution in [0.1, 0.15) is 18.7 Å². The van der Waals surface area contributed by atoms with Crippen LogP contribution in [0.15, 0.2) is 65.4 Å². The van der Waals surface area contributed by atoms with Crippen molar-refractivity contribution >= 4 is 27.3 Å². The van der Waals surface area contributed by atoms with Crippen LogP contribution in [0.3, 0.4) is 0 Å². The summed E-state index contributed by atoms with van der Waals surface area (Å²) < 4.78 is 62.9. The molecule has 5 aromatic rings. The average molecular weight is 628 g/mol. The summed E-state index contributed by atoms with van der Waals surface area (Å²) in [6.45, 7) is 3.71. The van der Waals surface area contributed by atoms with Gasteiger partial charge in [0, 0.05) is 45.6 Å². The number of aliphatic hydroxyl groups excluding tert-OH is 1. The van der Waals surface area contributed by atoms with Crippen LogP contribution in [-0.4, -0.2) is 50.4 Å². The number of halogens is 4. The Morgan fingerprint density at radius 2 is 2.00 bits per heavy atom. The van der Waals surface area contributed by atoms with Gasteiger partial charge in [0.05, 0.1) is 36.1 Å². The summed E-state index contributed by atoms with van der Waals surface area (Å²) in [5.41, 5.74) is 0.820. The van der Waals surface area contributed by atoms with Gasteiger partial charge in [0.25, 0.3) is 12.0 Å². The average Bonchev–Trinajstić information content (AvgIpc) is 3.67. The zero-order valence-corrected chi connectivity index (χ0v) is 23.9. The van der Waals surface area contributed by atoms with Crippen molar-refractivity contribution in [1.82, 2.24) is 25.1 Å². The van der Waals surface area contributed by atoms with Crippen LogP contribution in [0, 0.1) is 11.6 Å². The number of thiophene rings is 1. The Hall–Kier alpha value is -4.82. The Morgan fingerprint density at radius 3 is 2.70 bits per heavy atom. The van der Waals surface area contributed by atoms with Crippen molar-refractivity contribution in [2.75, 3.05) is 13.2 Å². The van der Waals surface area contributed by atoms with E-state index in [-0.39, 0.29) is 34.9 Å². The maximum absolute atomic E-state index is 15.7. The highest BCUT2D eigenvalue weighted by Gasteiger charge is 2.27. The van der Waals surface area contributed by atoms with E-state index in [4.69, 9.17) is 9.72 Å². The van der Waals surface area contributed by atoms with Crippen LogP contribution >= 0.6 is 11.3 Å². The molecule has 228 valence electrons. The second-order valence-electron chi connectivity index (χ2n) is 9.62. The highest BCUT2D eigenvalue weighted by Crippen LogP contribution is 2.46. The smallest absolute Gasteiger partial charge is 0.256 e. The molecular formula is C30H25F4N5O4S. The van der Waals surface area contributed by atoms with Gasteiger partial charge in [-0.25, -0.2) is 22.5 Å². The largest absolute Gasteiger partial charge is 0.490 e. The number of carbonyl (C=O) groups is 1. The third kappa shape index (κ3) is 6.12. The van der Waals surface area contributed by atoms with Gasteiger partial charge in [0.15, 0.2) is 0 Å². The number of hydrogen-bond acceptors (Lipinski definition) is 7. The Morgan fingerprint density at radius 1 is 1.20 bits per heavy atom. The first kappa shape index (κ1) is 30.6. The van der Waals surface area contributed by atoms with Crippen LogP contribution in [0.5, 0.6) is 5.75 Å². The Bertz CT molecular complexity index is 1920. The van der Waals surface area contributed by atoms with Crippen LogP contribution in [0.4, 0.5) is 17.6 Å². The van der Waals surface area contributed by atoms with Crippen LogP contribution in [0.2, 0.25) is 0 Å². The highest BCUT2D eigenvalue weighted by molar-refractivity contribution is 7.18. The normalized spacial score (nSPS) is 12.1. The molecular weight excluding hydrogens is 602 g/mol. The fraction of sp³-hybridized carbons (Fsp3) is 0.200. The summed E-state index contributed by atoms with van der Waals surface area (Å²) in [6, 6.07) is 7.12. The Labute approximate surface area is 251 Å². The lowest BCUT2D eigenvalue weighted by Crippen LogP contribution is -2.24. The van der Waals surface area contributed by atoms with E-state index in [0.717, 1.165) is 16.7 Å². The molecule has 9 nitrogen and oxygen atoms in total. The van der Waals surface area contributed by atoms with E-state index >= 15 is 4.39 Å².